The van der Waals surface area contributed by atoms with Gasteiger partial charge >= 0.3 is 0 Å². The number of methoxy groups -OCH3 is 1. The van der Waals surface area contributed by atoms with E-state index in [2.05, 4.69) is 0 Å². The predicted molar refractivity (Wildman–Crippen MR) is 68.8 cm³/mol. The van der Waals surface area contributed by atoms with Crippen LogP contribution in [0.1, 0.15) is 0 Å². The number of nitrogens with zero attached hydrogens (tertiary/aromatic N) is 1. The Kier molecular flexibility index (Phi) is 5.15. The molecule has 0 fully saturated rings. The van der Waals surface area contributed by atoms with Crippen molar-refractivity contribution in [2.24, 2.45) is 5.73 Å². The van der Waals surface area contributed by atoms with Crippen molar-refractivity contribution in [3.8, 4) is 5.75 Å². The van der Waals surface area contributed by atoms with Crippen LogP contribution in [0.2, 0.25) is 0 Å². The number of non-ortho nitro benzene ring substituents is 1. The molecule has 0 amide bonds. The molecule has 118 valence electrons. The third-order valence-electron chi connectivity index (χ3n) is 2.47. The number of alkyl halides is 2. The molecular weight excluding hydrogens is 312 g/mol. The molecule has 0 atom stereocenters. The minimum atomic E-state index is -4.32. The van der Waals surface area contributed by atoms with Gasteiger partial charge in [0.05, 0.1) is 31.2 Å². The minimum absolute atomic E-state index is 0.326. The molecule has 0 saturated carbocycles. The number of ether oxygens (including phenoxy) is 1. The number of nitrogens with two attached hydrogens (primary N) is 1. The first kappa shape index (κ1) is 17.2. The molecule has 1 rings (SSSR count). The Hall–Kier alpha value is -1.85. The summed E-state index contributed by atoms with van der Waals surface area (Å²) >= 11 is 0. The maximum atomic E-state index is 13.0. The van der Waals surface area contributed by atoms with Crippen LogP contribution in [0.5, 0.6) is 5.75 Å². The number of hydrogen-bond acceptors (Lipinski definition) is 6. The summed E-state index contributed by atoms with van der Waals surface area (Å²) in [6.45, 7) is -2.21. The van der Waals surface area contributed by atoms with Gasteiger partial charge in [-0.05, 0) is 6.07 Å². The second-order valence-corrected chi connectivity index (χ2v) is 5.71. The average Bonchev–Trinajstić information content (AvgIpc) is 2.44. The first-order chi connectivity index (χ1) is 9.63. The molecule has 0 bridgehead atoms. The van der Waals surface area contributed by atoms with E-state index in [-0.39, 0.29) is 5.75 Å². The normalized spacial score (nSPS) is 12.2. The van der Waals surface area contributed by atoms with E-state index in [1.165, 1.54) is 0 Å². The van der Waals surface area contributed by atoms with Gasteiger partial charge in [-0.15, -0.1) is 0 Å². The van der Waals surface area contributed by atoms with E-state index in [1.807, 2.05) is 0 Å². The Morgan fingerprint density at radius 3 is 2.57 bits per heavy atom. The number of hydrogen-bond donors (Lipinski definition) is 2. The highest BCUT2D eigenvalue weighted by molar-refractivity contribution is 7.89. The van der Waals surface area contributed by atoms with E-state index >= 15 is 0 Å². The molecule has 0 aliphatic rings. The zero-order chi connectivity index (χ0) is 16.3. The van der Waals surface area contributed by atoms with Crippen molar-refractivity contribution in [3.05, 3.63) is 28.3 Å². The van der Waals surface area contributed by atoms with Gasteiger partial charge in [0.2, 0.25) is 10.0 Å². The van der Waals surface area contributed by atoms with Crippen LogP contribution in [0.4, 0.5) is 14.5 Å². The Morgan fingerprint density at radius 1 is 1.48 bits per heavy atom. The Labute approximate surface area is 119 Å². The van der Waals surface area contributed by atoms with E-state index < -0.39 is 44.5 Å². The van der Waals surface area contributed by atoms with Crippen LogP contribution in [0.15, 0.2) is 23.1 Å². The van der Waals surface area contributed by atoms with Crippen LogP contribution in [-0.2, 0) is 10.0 Å². The number of rotatable bonds is 7. The summed E-state index contributed by atoms with van der Waals surface area (Å²) in [4.78, 5) is 9.37. The summed E-state index contributed by atoms with van der Waals surface area (Å²) < 4.78 is 56.2. The standard InChI is InChI=1S/C10H13F2N3O5S/c1-20-8-4-7(15(16)17)2-3-9(8)21(18,19)14-6-10(11,12)5-13/h2-4,14H,5-6,13H2,1H3. The van der Waals surface area contributed by atoms with Gasteiger partial charge in [0.1, 0.15) is 10.6 Å². The highest BCUT2D eigenvalue weighted by Crippen LogP contribution is 2.28. The molecule has 0 spiro atoms. The van der Waals surface area contributed by atoms with Crippen molar-refractivity contribution in [1.82, 2.24) is 4.72 Å². The lowest BCUT2D eigenvalue weighted by Gasteiger charge is -2.15. The van der Waals surface area contributed by atoms with E-state index in [1.54, 1.807) is 4.72 Å². The SMILES string of the molecule is COc1cc([N+](=O)[O-])ccc1S(=O)(=O)NCC(F)(F)CN. The van der Waals surface area contributed by atoms with Crippen molar-refractivity contribution < 1.29 is 26.9 Å². The first-order valence-corrected chi connectivity index (χ1v) is 7.01. The number of sulfonamides is 1. The van der Waals surface area contributed by atoms with Crippen molar-refractivity contribution in [2.75, 3.05) is 20.2 Å². The topological polar surface area (TPSA) is 125 Å². The molecule has 11 heteroatoms. The van der Waals surface area contributed by atoms with Gasteiger partial charge in [0.25, 0.3) is 11.6 Å². The molecule has 0 aliphatic heterocycles. The molecule has 8 nitrogen and oxygen atoms in total. The van der Waals surface area contributed by atoms with E-state index in [4.69, 9.17) is 10.5 Å². The van der Waals surface area contributed by atoms with Crippen molar-refractivity contribution >= 4 is 15.7 Å². The van der Waals surface area contributed by atoms with E-state index in [0.29, 0.717) is 0 Å². The van der Waals surface area contributed by atoms with Gasteiger partial charge in [-0.1, -0.05) is 0 Å². The van der Waals surface area contributed by atoms with Gasteiger partial charge in [-0.25, -0.2) is 21.9 Å². The number of benzene rings is 1. The molecule has 0 saturated heterocycles. The molecule has 1 aromatic carbocycles. The third-order valence-corrected chi connectivity index (χ3v) is 3.91. The van der Waals surface area contributed by atoms with Gasteiger partial charge < -0.3 is 10.5 Å². The zero-order valence-electron chi connectivity index (χ0n) is 10.9. The van der Waals surface area contributed by atoms with Crippen LogP contribution >= 0.6 is 0 Å². The first-order valence-electron chi connectivity index (χ1n) is 5.53. The maximum Gasteiger partial charge on any atom is 0.273 e. The molecule has 0 heterocycles. The number of halogens is 2. The summed E-state index contributed by atoms with van der Waals surface area (Å²) in [5.41, 5.74) is 4.41. The van der Waals surface area contributed by atoms with Gasteiger partial charge in [-0.3, -0.25) is 10.1 Å². The largest absolute Gasteiger partial charge is 0.495 e. The highest BCUT2D eigenvalue weighted by atomic mass is 32.2. The Bertz CT molecular complexity index is 636. The van der Waals surface area contributed by atoms with E-state index in [0.717, 1.165) is 25.3 Å². The van der Waals surface area contributed by atoms with Crippen LogP contribution in [0, 0.1) is 10.1 Å². The summed E-state index contributed by atoms with van der Waals surface area (Å²) in [5, 5.41) is 10.6. The summed E-state index contributed by atoms with van der Waals surface area (Å²) in [7, 11) is -3.22. The maximum absolute atomic E-state index is 13.0. The van der Waals surface area contributed by atoms with Crippen LogP contribution in [0.3, 0.4) is 0 Å². The Balaban J connectivity index is 3.11. The van der Waals surface area contributed by atoms with Crippen LogP contribution in [0.25, 0.3) is 0 Å². The number of nitrogens with one attached hydrogen (secondary N) is 1. The molecule has 0 unspecified atom stereocenters. The fourth-order valence-corrected chi connectivity index (χ4v) is 2.55. The zero-order valence-corrected chi connectivity index (χ0v) is 11.7. The van der Waals surface area contributed by atoms with Crippen molar-refractivity contribution in [2.45, 2.75) is 10.8 Å². The molecule has 3 N–H and O–H groups in total. The van der Waals surface area contributed by atoms with Gasteiger partial charge in [-0.2, -0.15) is 0 Å². The second-order valence-electron chi connectivity index (χ2n) is 3.98. The second kappa shape index (κ2) is 6.28. The van der Waals surface area contributed by atoms with Gasteiger partial charge in [0, 0.05) is 6.07 Å². The van der Waals surface area contributed by atoms with Crippen LogP contribution < -0.4 is 15.2 Å². The molecule has 1 aromatic rings. The molecule has 0 aliphatic carbocycles. The fourth-order valence-electron chi connectivity index (χ4n) is 1.34. The van der Waals surface area contributed by atoms with Gasteiger partial charge in [0.15, 0.2) is 0 Å². The molecule has 21 heavy (non-hydrogen) atoms. The third kappa shape index (κ3) is 4.31. The molecule has 0 aromatic heterocycles. The fraction of sp³-hybridized carbons (Fsp3) is 0.400. The monoisotopic (exact) mass is 325 g/mol. The average molecular weight is 325 g/mol. The molecular formula is C10H13F2N3O5S. The smallest absolute Gasteiger partial charge is 0.273 e. The summed E-state index contributed by atoms with van der Waals surface area (Å²) in [6.07, 6.45) is 0. The summed E-state index contributed by atoms with van der Waals surface area (Å²) in [5.74, 6) is -3.73. The number of nitro benzene ring substituents is 1. The Morgan fingerprint density at radius 2 is 2.10 bits per heavy atom. The lowest BCUT2D eigenvalue weighted by atomic mass is 10.3. The quantitative estimate of drug-likeness (QED) is 0.555. The van der Waals surface area contributed by atoms with E-state index in [9.17, 15) is 27.3 Å². The minimum Gasteiger partial charge on any atom is -0.495 e. The lowest BCUT2D eigenvalue weighted by molar-refractivity contribution is -0.385. The number of nitro groups is 1. The van der Waals surface area contributed by atoms with Crippen molar-refractivity contribution in [3.63, 3.8) is 0 Å². The van der Waals surface area contributed by atoms with Crippen LogP contribution in [-0.4, -0.2) is 39.5 Å². The summed E-state index contributed by atoms with van der Waals surface area (Å²) in [6, 6.07) is 2.72. The molecule has 0 radical (unpaired) electrons. The van der Waals surface area contributed by atoms with Crippen molar-refractivity contribution in [1.29, 1.82) is 0 Å². The lowest BCUT2D eigenvalue weighted by Crippen LogP contribution is -2.41. The predicted octanol–water partition coefficient (Wildman–Crippen LogP) is 0.476. The highest BCUT2D eigenvalue weighted by Gasteiger charge is 2.30.